The lowest BCUT2D eigenvalue weighted by Gasteiger charge is -2.33. The third-order valence-electron chi connectivity index (χ3n) is 3.38. The number of halogens is 3. The number of nitrogens with one attached hydrogen (secondary N) is 1. The maximum absolute atomic E-state index is 13.3. The molecule has 1 aliphatic heterocycles. The molecule has 0 amide bonds. The predicted octanol–water partition coefficient (Wildman–Crippen LogP) is 2.79. The van der Waals surface area contributed by atoms with Gasteiger partial charge < -0.3 is 10.2 Å². The summed E-state index contributed by atoms with van der Waals surface area (Å²) in [5, 5.41) is 3.36. The van der Waals surface area contributed by atoms with E-state index in [1.54, 1.807) is 0 Å². The first-order valence-corrected chi connectivity index (χ1v) is 6.57. The summed E-state index contributed by atoms with van der Waals surface area (Å²) in [7, 11) is 0. The van der Waals surface area contributed by atoms with Crippen molar-refractivity contribution < 1.29 is 13.2 Å². The van der Waals surface area contributed by atoms with Crippen LogP contribution < -0.4 is 10.2 Å². The van der Waals surface area contributed by atoms with Gasteiger partial charge in [0, 0.05) is 30.9 Å². The van der Waals surface area contributed by atoms with E-state index < -0.39 is 17.5 Å². The van der Waals surface area contributed by atoms with E-state index in [0.29, 0.717) is 30.6 Å². The fraction of sp³-hybridized carbons (Fsp3) is 0.571. The largest absolute Gasteiger partial charge is 0.371 e. The highest BCUT2D eigenvalue weighted by Gasteiger charge is 2.20. The van der Waals surface area contributed by atoms with Crippen LogP contribution >= 0.6 is 0 Å². The van der Waals surface area contributed by atoms with Crippen LogP contribution in [0.4, 0.5) is 18.9 Å². The summed E-state index contributed by atoms with van der Waals surface area (Å²) in [6, 6.07) is 2.15. The minimum absolute atomic E-state index is 0.365. The minimum Gasteiger partial charge on any atom is -0.371 e. The second-order valence-electron chi connectivity index (χ2n) is 5.50. The van der Waals surface area contributed by atoms with Crippen molar-refractivity contribution in [2.45, 2.75) is 13.8 Å². The van der Waals surface area contributed by atoms with Crippen LogP contribution in [0.25, 0.3) is 0 Å². The van der Waals surface area contributed by atoms with Gasteiger partial charge in [0.05, 0.1) is 0 Å². The fourth-order valence-corrected chi connectivity index (χ4v) is 2.47. The van der Waals surface area contributed by atoms with Gasteiger partial charge in [0.2, 0.25) is 0 Å². The van der Waals surface area contributed by atoms with Crippen LogP contribution in [0, 0.1) is 29.3 Å². The van der Waals surface area contributed by atoms with Gasteiger partial charge in [0.25, 0.3) is 0 Å². The SMILES string of the molecule is CC1CNCC(C)CN(c2cc(F)c(F)c(F)c2)C1. The van der Waals surface area contributed by atoms with Gasteiger partial charge in [-0.25, -0.2) is 13.2 Å². The standard InChI is InChI=1S/C14H19F3N2/c1-9-5-18-6-10(2)8-19(7-9)11-3-12(15)14(17)13(16)4-11/h3-4,9-10,18H,5-8H2,1-2H3. The van der Waals surface area contributed by atoms with Crippen molar-refractivity contribution in [2.75, 3.05) is 31.1 Å². The molecule has 0 bridgehead atoms. The van der Waals surface area contributed by atoms with Crippen molar-refractivity contribution in [3.05, 3.63) is 29.6 Å². The molecule has 5 heteroatoms. The van der Waals surface area contributed by atoms with Crippen LogP contribution in [0.15, 0.2) is 12.1 Å². The summed E-state index contributed by atoms with van der Waals surface area (Å²) < 4.78 is 39.6. The molecular weight excluding hydrogens is 253 g/mol. The Bertz CT molecular complexity index is 415. The zero-order chi connectivity index (χ0) is 14.0. The Morgan fingerprint density at radius 3 is 1.95 bits per heavy atom. The molecule has 0 aliphatic carbocycles. The third-order valence-corrected chi connectivity index (χ3v) is 3.38. The maximum atomic E-state index is 13.3. The van der Waals surface area contributed by atoms with Gasteiger partial charge >= 0.3 is 0 Å². The van der Waals surface area contributed by atoms with E-state index in [2.05, 4.69) is 19.2 Å². The summed E-state index contributed by atoms with van der Waals surface area (Å²) in [4.78, 5) is 1.93. The average Bonchev–Trinajstić information content (AvgIpc) is 2.32. The monoisotopic (exact) mass is 272 g/mol. The molecule has 1 fully saturated rings. The number of benzene rings is 1. The first kappa shape index (κ1) is 14.2. The zero-order valence-corrected chi connectivity index (χ0v) is 11.2. The molecule has 19 heavy (non-hydrogen) atoms. The molecule has 106 valence electrons. The number of rotatable bonds is 1. The van der Waals surface area contributed by atoms with Gasteiger partial charge in [-0.3, -0.25) is 0 Å². The second-order valence-corrected chi connectivity index (χ2v) is 5.50. The van der Waals surface area contributed by atoms with Crippen LogP contribution in [0.1, 0.15) is 13.8 Å². The molecular formula is C14H19F3N2. The Hall–Kier alpha value is -1.23. The highest BCUT2D eigenvalue weighted by Crippen LogP contribution is 2.23. The molecule has 1 aliphatic rings. The third kappa shape index (κ3) is 3.41. The van der Waals surface area contributed by atoms with E-state index in [4.69, 9.17) is 0 Å². The van der Waals surface area contributed by atoms with E-state index in [1.807, 2.05) is 4.90 Å². The normalized spacial score (nSPS) is 25.0. The number of hydrogen-bond donors (Lipinski definition) is 1. The molecule has 0 radical (unpaired) electrons. The Labute approximate surface area is 111 Å². The summed E-state index contributed by atoms with van der Waals surface area (Å²) in [5.74, 6) is -2.93. The lowest BCUT2D eigenvalue weighted by molar-refractivity contribution is 0.407. The van der Waals surface area contributed by atoms with Crippen LogP contribution in [0.3, 0.4) is 0 Å². The van der Waals surface area contributed by atoms with E-state index >= 15 is 0 Å². The van der Waals surface area contributed by atoms with Gasteiger partial charge in [-0.2, -0.15) is 0 Å². The summed E-state index contributed by atoms with van der Waals surface area (Å²) in [6.07, 6.45) is 0. The number of hydrogen-bond acceptors (Lipinski definition) is 2. The van der Waals surface area contributed by atoms with Crippen LogP contribution in [0.2, 0.25) is 0 Å². The number of anilines is 1. The van der Waals surface area contributed by atoms with E-state index in [9.17, 15) is 13.2 Å². The average molecular weight is 272 g/mol. The van der Waals surface area contributed by atoms with Gasteiger partial charge in [0.1, 0.15) is 0 Å². The minimum atomic E-state index is -1.40. The molecule has 0 spiro atoms. The Morgan fingerprint density at radius 2 is 1.47 bits per heavy atom. The topological polar surface area (TPSA) is 15.3 Å². The van der Waals surface area contributed by atoms with Crippen LogP contribution in [-0.2, 0) is 0 Å². The lowest BCUT2D eigenvalue weighted by Crippen LogP contribution is -2.42. The molecule has 1 N–H and O–H groups in total. The van der Waals surface area contributed by atoms with Gasteiger partial charge in [-0.1, -0.05) is 13.8 Å². The van der Waals surface area contributed by atoms with Crippen molar-refractivity contribution in [3.63, 3.8) is 0 Å². The van der Waals surface area contributed by atoms with Crippen LogP contribution in [-0.4, -0.2) is 26.2 Å². The van der Waals surface area contributed by atoms with Gasteiger partial charge in [-0.05, 0) is 24.9 Å². The Kier molecular flexibility index (Phi) is 4.34. The molecule has 2 atom stereocenters. The van der Waals surface area contributed by atoms with Crippen LogP contribution in [0.5, 0.6) is 0 Å². The van der Waals surface area contributed by atoms with Crippen molar-refractivity contribution in [1.82, 2.24) is 5.32 Å². The van der Waals surface area contributed by atoms with Crippen molar-refractivity contribution in [1.29, 1.82) is 0 Å². The second kappa shape index (κ2) is 5.82. The fourth-order valence-electron chi connectivity index (χ4n) is 2.47. The summed E-state index contributed by atoms with van der Waals surface area (Å²) in [5.41, 5.74) is 0.414. The summed E-state index contributed by atoms with van der Waals surface area (Å²) in [6.45, 7) is 7.28. The van der Waals surface area contributed by atoms with Crippen molar-refractivity contribution >= 4 is 5.69 Å². The van der Waals surface area contributed by atoms with Gasteiger partial charge in [-0.15, -0.1) is 0 Å². The molecule has 1 saturated heterocycles. The first-order valence-electron chi connectivity index (χ1n) is 6.57. The molecule has 1 heterocycles. The number of nitrogens with zero attached hydrogens (tertiary/aromatic N) is 1. The Balaban J connectivity index is 2.26. The van der Waals surface area contributed by atoms with Gasteiger partial charge in [0.15, 0.2) is 17.5 Å². The zero-order valence-electron chi connectivity index (χ0n) is 11.2. The molecule has 0 saturated carbocycles. The van der Waals surface area contributed by atoms with Crippen molar-refractivity contribution in [3.8, 4) is 0 Å². The highest BCUT2D eigenvalue weighted by atomic mass is 19.2. The predicted molar refractivity (Wildman–Crippen MR) is 69.7 cm³/mol. The molecule has 1 aromatic carbocycles. The smallest absolute Gasteiger partial charge is 0.194 e. The molecule has 0 aromatic heterocycles. The first-order chi connectivity index (χ1) is 8.97. The summed E-state index contributed by atoms with van der Waals surface area (Å²) >= 11 is 0. The van der Waals surface area contributed by atoms with Crippen molar-refractivity contribution in [2.24, 2.45) is 11.8 Å². The van der Waals surface area contributed by atoms with E-state index in [0.717, 1.165) is 25.2 Å². The molecule has 2 unspecified atom stereocenters. The molecule has 2 nitrogen and oxygen atoms in total. The van der Waals surface area contributed by atoms with E-state index in [-0.39, 0.29) is 0 Å². The maximum Gasteiger partial charge on any atom is 0.194 e. The Morgan fingerprint density at radius 1 is 1.00 bits per heavy atom. The quantitative estimate of drug-likeness (QED) is 0.791. The lowest BCUT2D eigenvalue weighted by atomic mass is 10.0. The molecule has 2 rings (SSSR count). The van der Waals surface area contributed by atoms with E-state index in [1.165, 1.54) is 0 Å². The molecule has 1 aromatic rings. The highest BCUT2D eigenvalue weighted by molar-refractivity contribution is 5.47.